The first-order valence-corrected chi connectivity index (χ1v) is 5.19. The molecule has 1 aromatic heterocycles. The highest BCUT2D eigenvalue weighted by atomic mass is 35.5. The van der Waals surface area contributed by atoms with Crippen molar-refractivity contribution in [2.75, 3.05) is 12.0 Å². The van der Waals surface area contributed by atoms with Gasteiger partial charge in [-0.3, -0.25) is 5.43 Å². The van der Waals surface area contributed by atoms with Gasteiger partial charge in [0.2, 0.25) is 5.95 Å². The zero-order valence-electron chi connectivity index (χ0n) is 7.57. The van der Waals surface area contributed by atoms with E-state index < -0.39 is 0 Å². The smallest absolute Gasteiger partial charge is 0.238 e. The number of rotatable bonds is 4. The second kappa shape index (κ2) is 5.35. The molecular formula is C7H11ClN4OS. The Morgan fingerprint density at radius 3 is 3.07 bits per heavy atom. The quantitative estimate of drug-likeness (QED) is 0.311. The summed E-state index contributed by atoms with van der Waals surface area (Å²) >= 11 is 7.23. The van der Waals surface area contributed by atoms with Crippen LogP contribution < -0.4 is 11.3 Å². The van der Waals surface area contributed by atoms with Gasteiger partial charge < -0.3 is 5.11 Å². The Morgan fingerprint density at radius 2 is 2.50 bits per heavy atom. The minimum absolute atomic E-state index is 0.0352. The van der Waals surface area contributed by atoms with Crippen LogP contribution in [-0.4, -0.2) is 26.9 Å². The maximum atomic E-state index is 8.87. The number of hydrogen-bond donors (Lipinski definition) is 3. The number of nitrogens with one attached hydrogen (secondary N) is 1. The average Bonchev–Trinajstić information content (AvgIpc) is 2.21. The number of nitrogens with two attached hydrogens (primary N) is 1. The zero-order valence-corrected chi connectivity index (χ0v) is 9.14. The summed E-state index contributed by atoms with van der Waals surface area (Å²) in [6.45, 7) is 1.94. The van der Waals surface area contributed by atoms with Crippen molar-refractivity contribution < 1.29 is 5.11 Å². The van der Waals surface area contributed by atoms with Crippen molar-refractivity contribution in [2.45, 2.75) is 17.2 Å². The number of anilines is 1. The first-order chi connectivity index (χ1) is 6.67. The second-order valence-electron chi connectivity index (χ2n) is 2.60. The fourth-order valence-corrected chi connectivity index (χ4v) is 1.72. The molecule has 0 amide bonds. The summed E-state index contributed by atoms with van der Waals surface area (Å²) in [5.41, 5.74) is 2.33. The Balaban J connectivity index is 2.83. The van der Waals surface area contributed by atoms with Gasteiger partial charge in [-0.05, 0) is 0 Å². The van der Waals surface area contributed by atoms with Gasteiger partial charge >= 0.3 is 0 Å². The van der Waals surface area contributed by atoms with Crippen molar-refractivity contribution in [3.63, 3.8) is 0 Å². The van der Waals surface area contributed by atoms with E-state index in [0.29, 0.717) is 16.0 Å². The number of hydrogen-bond acceptors (Lipinski definition) is 6. The number of aliphatic hydroxyl groups excluding tert-OH is 1. The number of nitrogen functional groups attached to an aromatic ring is 1. The molecule has 4 N–H and O–H groups in total. The molecule has 78 valence electrons. The van der Waals surface area contributed by atoms with E-state index in [1.807, 2.05) is 6.92 Å². The molecule has 0 saturated heterocycles. The van der Waals surface area contributed by atoms with Crippen LogP contribution in [-0.2, 0) is 0 Å². The number of hydrazine groups is 1. The van der Waals surface area contributed by atoms with Gasteiger partial charge in [0.25, 0.3) is 0 Å². The van der Waals surface area contributed by atoms with Gasteiger partial charge in [0.05, 0.1) is 17.8 Å². The Morgan fingerprint density at radius 1 is 1.79 bits per heavy atom. The highest BCUT2D eigenvalue weighted by Gasteiger charge is 2.09. The molecule has 1 atom stereocenters. The third-order valence-corrected chi connectivity index (χ3v) is 2.89. The molecule has 1 unspecified atom stereocenters. The van der Waals surface area contributed by atoms with Gasteiger partial charge in [-0.1, -0.05) is 30.3 Å². The Labute approximate surface area is 91.0 Å². The van der Waals surface area contributed by atoms with E-state index in [2.05, 4.69) is 15.4 Å². The summed E-state index contributed by atoms with van der Waals surface area (Å²) in [5, 5.41) is 9.96. The van der Waals surface area contributed by atoms with Crippen LogP contribution in [0.4, 0.5) is 5.95 Å². The highest BCUT2D eigenvalue weighted by molar-refractivity contribution is 8.00. The summed E-state index contributed by atoms with van der Waals surface area (Å²) in [6.07, 6.45) is 1.47. The van der Waals surface area contributed by atoms with Crippen LogP contribution in [0.25, 0.3) is 0 Å². The van der Waals surface area contributed by atoms with Crippen LogP contribution in [0.15, 0.2) is 11.2 Å². The maximum absolute atomic E-state index is 8.87. The molecule has 0 bridgehead atoms. The Kier molecular flexibility index (Phi) is 4.40. The molecule has 14 heavy (non-hydrogen) atoms. The van der Waals surface area contributed by atoms with E-state index in [9.17, 15) is 0 Å². The predicted molar refractivity (Wildman–Crippen MR) is 57.3 cm³/mol. The predicted octanol–water partition coefficient (Wildman–Crippen LogP) is 0.888. The molecule has 1 rings (SSSR count). The summed E-state index contributed by atoms with van der Waals surface area (Å²) in [5.74, 6) is 5.46. The second-order valence-corrected chi connectivity index (χ2v) is 4.44. The van der Waals surface area contributed by atoms with Crippen LogP contribution in [0.2, 0.25) is 5.02 Å². The lowest BCUT2D eigenvalue weighted by atomic mass is 10.5. The van der Waals surface area contributed by atoms with E-state index in [4.69, 9.17) is 22.6 Å². The first kappa shape index (κ1) is 11.5. The molecule has 0 aliphatic heterocycles. The normalized spacial score (nSPS) is 12.6. The molecule has 0 saturated carbocycles. The molecule has 0 aliphatic rings. The Hall–Kier alpha value is -0.560. The lowest BCUT2D eigenvalue weighted by Gasteiger charge is -2.08. The van der Waals surface area contributed by atoms with Gasteiger partial charge in [0, 0.05) is 5.25 Å². The summed E-state index contributed by atoms with van der Waals surface area (Å²) in [4.78, 5) is 7.89. The monoisotopic (exact) mass is 234 g/mol. The van der Waals surface area contributed by atoms with E-state index in [1.54, 1.807) is 0 Å². The molecular weight excluding hydrogens is 224 g/mol. The third kappa shape index (κ3) is 2.98. The highest BCUT2D eigenvalue weighted by Crippen LogP contribution is 2.28. The molecule has 7 heteroatoms. The van der Waals surface area contributed by atoms with E-state index in [0.717, 1.165) is 0 Å². The molecule has 1 heterocycles. The van der Waals surface area contributed by atoms with Gasteiger partial charge in [-0.2, -0.15) is 0 Å². The minimum Gasteiger partial charge on any atom is -0.395 e. The lowest BCUT2D eigenvalue weighted by Crippen LogP contribution is -2.11. The average molecular weight is 235 g/mol. The number of nitrogens with zero attached hydrogens (tertiary/aromatic N) is 2. The van der Waals surface area contributed by atoms with Crippen LogP contribution in [0, 0.1) is 0 Å². The van der Waals surface area contributed by atoms with Crippen LogP contribution in [0.5, 0.6) is 0 Å². The van der Waals surface area contributed by atoms with Gasteiger partial charge in [0.1, 0.15) is 5.03 Å². The van der Waals surface area contributed by atoms with Crippen molar-refractivity contribution in [1.29, 1.82) is 0 Å². The van der Waals surface area contributed by atoms with Crippen LogP contribution >= 0.6 is 23.4 Å². The van der Waals surface area contributed by atoms with Crippen molar-refractivity contribution >= 4 is 29.3 Å². The van der Waals surface area contributed by atoms with E-state index in [-0.39, 0.29) is 11.9 Å². The number of aliphatic hydroxyl groups is 1. The number of aromatic nitrogens is 2. The largest absolute Gasteiger partial charge is 0.395 e. The standard InChI is InChI=1S/C7H11ClN4OS/c1-4(3-13)14-6-5(8)2-10-7(11-6)12-9/h2,4,13H,3,9H2,1H3,(H,10,11,12). The fraction of sp³-hybridized carbons (Fsp3) is 0.429. The van der Waals surface area contributed by atoms with Crippen LogP contribution in [0.3, 0.4) is 0 Å². The van der Waals surface area contributed by atoms with Crippen molar-refractivity contribution in [3.05, 3.63) is 11.2 Å². The molecule has 0 spiro atoms. The molecule has 1 aromatic rings. The molecule has 0 aliphatic carbocycles. The number of halogens is 1. The topological polar surface area (TPSA) is 84.1 Å². The summed E-state index contributed by atoms with van der Waals surface area (Å²) < 4.78 is 0. The first-order valence-electron chi connectivity index (χ1n) is 3.94. The van der Waals surface area contributed by atoms with E-state index in [1.165, 1.54) is 18.0 Å². The SMILES string of the molecule is CC(CO)Sc1nc(NN)ncc1Cl. The summed E-state index contributed by atoms with van der Waals surface area (Å²) in [7, 11) is 0. The zero-order chi connectivity index (χ0) is 10.6. The van der Waals surface area contributed by atoms with Crippen molar-refractivity contribution in [2.24, 2.45) is 5.84 Å². The van der Waals surface area contributed by atoms with E-state index >= 15 is 0 Å². The summed E-state index contributed by atoms with van der Waals surface area (Å²) in [6, 6.07) is 0. The Bertz CT molecular complexity index is 312. The number of thioether (sulfide) groups is 1. The van der Waals surface area contributed by atoms with Crippen molar-refractivity contribution in [3.8, 4) is 0 Å². The van der Waals surface area contributed by atoms with Gasteiger partial charge in [-0.15, -0.1) is 0 Å². The van der Waals surface area contributed by atoms with Gasteiger partial charge in [0.15, 0.2) is 0 Å². The minimum atomic E-state index is 0.0352. The molecule has 0 aromatic carbocycles. The lowest BCUT2D eigenvalue weighted by molar-refractivity contribution is 0.300. The third-order valence-electron chi connectivity index (χ3n) is 1.41. The van der Waals surface area contributed by atoms with Crippen LogP contribution in [0.1, 0.15) is 6.92 Å². The fourth-order valence-electron chi connectivity index (χ4n) is 0.732. The molecule has 0 radical (unpaired) electrons. The molecule has 5 nitrogen and oxygen atoms in total. The van der Waals surface area contributed by atoms with Gasteiger partial charge in [-0.25, -0.2) is 15.8 Å². The maximum Gasteiger partial charge on any atom is 0.238 e. The molecule has 0 fully saturated rings. The van der Waals surface area contributed by atoms with Crippen molar-refractivity contribution in [1.82, 2.24) is 9.97 Å².